The monoisotopic (exact) mass is 421 g/mol. The quantitative estimate of drug-likeness (QED) is 0.601. The molecule has 0 bridgehead atoms. The van der Waals surface area contributed by atoms with Crippen LogP contribution in [0.25, 0.3) is 5.82 Å². The Bertz CT molecular complexity index is 978. The molecule has 0 saturated carbocycles. The van der Waals surface area contributed by atoms with E-state index in [2.05, 4.69) is 10.1 Å². The summed E-state index contributed by atoms with van der Waals surface area (Å²) in [4.78, 5) is 4.41. The van der Waals surface area contributed by atoms with Crippen molar-refractivity contribution in [1.29, 1.82) is 0 Å². The molecule has 1 aromatic carbocycles. The smallest absolute Gasteiger partial charge is 0.246 e. The van der Waals surface area contributed by atoms with Gasteiger partial charge in [-0.15, -0.1) is 12.4 Å². The maximum absolute atomic E-state index is 13.2. The largest absolute Gasteiger partial charge is 0.329 e. The Hall–Kier alpha value is -2.26. The summed E-state index contributed by atoms with van der Waals surface area (Å²) < 4.78 is 29.4. The third-order valence-electron chi connectivity index (χ3n) is 4.32. The van der Waals surface area contributed by atoms with Gasteiger partial charge in [0.15, 0.2) is 5.82 Å². The second kappa shape index (κ2) is 9.79. The summed E-state index contributed by atoms with van der Waals surface area (Å²) in [6, 6.07) is 15.2. The van der Waals surface area contributed by atoms with Gasteiger partial charge in [0.25, 0.3) is 0 Å². The van der Waals surface area contributed by atoms with E-state index in [1.54, 1.807) is 25.3 Å². The molecule has 0 atom stereocenters. The van der Waals surface area contributed by atoms with Crippen LogP contribution in [0.1, 0.15) is 11.3 Å². The number of aromatic nitrogens is 3. The van der Waals surface area contributed by atoms with Crippen molar-refractivity contribution in [3.8, 4) is 5.82 Å². The van der Waals surface area contributed by atoms with Gasteiger partial charge in [-0.2, -0.15) is 9.40 Å². The number of hydrogen-bond donors (Lipinski definition) is 1. The van der Waals surface area contributed by atoms with Gasteiger partial charge in [0.05, 0.1) is 11.9 Å². The number of nitrogens with zero attached hydrogens (tertiary/aromatic N) is 4. The van der Waals surface area contributed by atoms with Crippen molar-refractivity contribution in [3.05, 3.63) is 72.2 Å². The van der Waals surface area contributed by atoms with E-state index in [1.807, 2.05) is 36.4 Å². The summed E-state index contributed by atoms with van der Waals surface area (Å²) in [6.45, 7) is 2.59. The van der Waals surface area contributed by atoms with E-state index < -0.39 is 10.0 Å². The van der Waals surface area contributed by atoms with Crippen LogP contribution in [0.2, 0.25) is 0 Å². The van der Waals surface area contributed by atoms with E-state index in [0.29, 0.717) is 24.5 Å². The van der Waals surface area contributed by atoms with Crippen LogP contribution in [0, 0.1) is 6.92 Å². The fourth-order valence-corrected chi connectivity index (χ4v) is 4.49. The minimum Gasteiger partial charge on any atom is -0.329 e. The van der Waals surface area contributed by atoms with Gasteiger partial charge in [-0.05, 0) is 31.0 Å². The number of nitrogens with two attached hydrogens (primary N) is 1. The zero-order valence-electron chi connectivity index (χ0n) is 15.6. The zero-order valence-corrected chi connectivity index (χ0v) is 17.2. The first-order valence-corrected chi connectivity index (χ1v) is 10.2. The summed E-state index contributed by atoms with van der Waals surface area (Å²) in [5, 5.41) is 4.23. The first-order valence-electron chi connectivity index (χ1n) is 8.74. The second-order valence-corrected chi connectivity index (χ2v) is 8.03. The molecule has 3 aromatic rings. The predicted octanol–water partition coefficient (Wildman–Crippen LogP) is 2.19. The summed E-state index contributed by atoms with van der Waals surface area (Å²) in [6.07, 6.45) is 3.64. The Kier molecular flexibility index (Phi) is 7.70. The van der Waals surface area contributed by atoms with Crippen molar-refractivity contribution in [2.45, 2.75) is 18.2 Å². The molecule has 0 saturated heterocycles. The van der Waals surface area contributed by atoms with Gasteiger partial charge in [0.1, 0.15) is 4.90 Å². The minimum absolute atomic E-state index is 0. The lowest BCUT2D eigenvalue weighted by atomic mass is 10.1. The van der Waals surface area contributed by atoms with Crippen molar-refractivity contribution in [1.82, 2.24) is 19.1 Å². The Morgan fingerprint density at radius 3 is 2.43 bits per heavy atom. The lowest BCUT2D eigenvalue weighted by molar-refractivity contribution is 0.421. The predicted molar refractivity (Wildman–Crippen MR) is 111 cm³/mol. The van der Waals surface area contributed by atoms with Gasteiger partial charge in [0, 0.05) is 25.8 Å². The number of pyridine rings is 1. The van der Waals surface area contributed by atoms with Crippen molar-refractivity contribution < 1.29 is 8.42 Å². The number of hydrogen-bond acceptors (Lipinski definition) is 5. The fourth-order valence-electron chi connectivity index (χ4n) is 2.89. The topological polar surface area (TPSA) is 94.1 Å². The molecule has 0 aliphatic rings. The first-order chi connectivity index (χ1) is 13.0. The van der Waals surface area contributed by atoms with Gasteiger partial charge in [-0.1, -0.05) is 36.4 Å². The van der Waals surface area contributed by atoms with Crippen LogP contribution < -0.4 is 5.73 Å². The number of halogens is 1. The average Bonchev–Trinajstić information content (AvgIpc) is 3.08. The molecule has 0 aliphatic carbocycles. The van der Waals surface area contributed by atoms with E-state index in [9.17, 15) is 8.42 Å². The second-order valence-electron chi connectivity index (χ2n) is 6.12. The van der Waals surface area contributed by atoms with Crippen LogP contribution in [-0.4, -0.2) is 47.1 Å². The molecule has 0 aliphatic heterocycles. The Morgan fingerprint density at radius 2 is 1.79 bits per heavy atom. The standard InChI is InChI=1S/C19H23N5O2S.ClH/c1-16-18(15-22-24(16)19-9-5-6-12-21-19)27(25,26)23(14-11-20)13-10-17-7-3-2-4-8-17;/h2-9,12,15H,10-11,13-14,20H2,1H3;1H. The van der Waals surface area contributed by atoms with E-state index in [1.165, 1.54) is 15.2 Å². The van der Waals surface area contributed by atoms with Gasteiger partial charge >= 0.3 is 0 Å². The van der Waals surface area contributed by atoms with Crippen molar-refractivity contribution >= 4 is 22.4 Å². The summed E-state index contributed by atoms with van der Waals surface area (Å²) in [5.74, 6) is 0.575. The molecule has 9 heteroatoms. The fraction of sp³-hybridized carbons (Fsp3) is 0.263. The number of rotatable bonds is 8. The highest BCUT2D eigenvalue weighted by molar-refractivity contribution is 7.89. The highest BCUT2D eigenvalue weighted by Crippen LogP contribution is 2.21. The molecule has 0 fully saturated rings. The highest BCUT2D eigenvalue weighted by atomic mass is 35.5. The van der Waals surface area contributed by atoms with E-state index >= 15 is 0 Å². The van der Waals surface area contributed by atoms with Crippen LogP contribution >= 0.6 is 12.4 Å². The lowest BCUT2D eigenvalue weighted by Gasteiger charge is -2.21. The minimum atomic E-state index is -3.71. The van der Waals surface area contributed by atoms with Crippen LogP contribution in [0.15, 0.2) is 65.8 Å². The summed E-state index contributed by atoms with van der Waals surface area (Å²) in [5.41, 5.74) is 7.27. The molecule has 7 nitrogen and oxygen atoms in total. The Balaban J connectivity index is 0.00000280. The maximum atomic E-state index is 13.2. The van der Waals surface area contributed by atoms with E-state index in [0.717, 1.165) is 5.56 Å². The van der Waals surface area contributed by atoms with Gasteiger partial charge in [-0.25, -0.2) is 18.1 Å². The highest BCUT2D eigenvalue weighted by Gasteiger charge is 2.28. The SMILES string of the molecule is Cc1c(S(=O)(=O)N(CCN)CCc2ccccc2)cnn1-c1ccccn1.Cl. The maximum Gasteiger partial charge on any atom is 0.246 e. The molecule has 0 amide bonds. The normalized spacial score (nSPS) is 11.4. The molecule has 28 heavy (non-hydrogen) atoms. The van der Waals surface area contributed by atoms with Crippen LogP contribution in [0.5, 0.6) is 0 Å². The van der Waals surface area contributed by atoms with E-state index in [4.69, 9.17) is 5.73 Å². The molecule has 2 N–H and O–H groups in total. The molecular formula is C19H24ClN5O2S. The molecule has 0 spiro atoms. The van der Waals surface area contributed by atoms with Gasteiger partial charge in [-0.3, -0.25) is 0 Å². The van der Waals surface area contributed by atoms with Crippen LogP contribution in [-0.2, 0) is 16.4 Å². The number of sulfonamides is 1. The molecule has 2 aromatic heterocycles. The molecule has 0 unspecified atom stereocenters. The molecular weight excluding hydrogens is 398 g/mol. The first kappa shape index (κ1) is 22.0. The number of benzene rings is 1. The summed E-state index contributed by atoms with van der Waals surface area (Å²) >= 11 is 0. The van der Waals surface area contributed by atoms with E-state index in [-0.39, 0.29) is 30.4 Å². The summed E-state index contributed by atoms with van der Waals surface area (Å²) in [7, 11) is -3.71. The lowest BCUT2D eigenvalue weighted by Crippen LogP contribution is -2.37. The Labute approximate surface area is 171 Å². The molecule has 2 heterocycles. The third kappa shape index (κ3) is 4.77. The van der Waals surface area contributed by atoms with Crippen molar-refractivity contribution in [2.24, 2.45) is 5.73 Å². The van der Waals surface area contributed by atoms with Crippen LogP contribution in [0.3, 0.4) is 0 Å². The molecule has 3 rings (SSSR count). The molecule has 150 valence electrons. The Morgan fingerprint density at radius 1 is 1.07 bits per heavy atom. The van der Waals surface area contributed by atoms with Crippen LogP contribution in [0.4, 0.5) is 0 Å². The zero-order chi connectivity index (χ0) is 19.3. The van der Waals surface area contributed by atoms with Gasteiger partial charge in [0.2, 0.25) is 10.0 Å². The van der Waals surface area contributed by atoms with Crippen molar-refractivity contribution in [3.63, 3.8) is 0 Å². The molecule has 0 radical (unpaired) electrons. The average molecular weight is 422 g/mol. The van der Waals surface area contributed by atoms with Gasteiger partial charge < -0.3 is 5.73 Å². The van der Waals surface area contributed by atoms with Crippen molar-refractivity contribution in [2.75, 3.05) is 19.6 Å². The third-order valence-corrected chi connectivity index (χ3v) is 6.32.